The molecule has 0 radical (unpaired) electrons. The van der Waals surface area contributed by atoms with Gasteiger partial charge in [0, 0.05) is 25.7 Å². The van der Waals surface area contributed by atoms with E-state index in [0.29, 0.717) is 5.92 Å². The Morgan fingerprint density at radius 2 is 2.06 bits per heavy atom. The highest BCUT2D eigenvalue weighted by atomic mass is 16.3. The molecule has 1 amide bonds. The Bertz CT molecular complexity index is 283. The minimum atomic E-state index is -0.0133. The topological polar surface area (TPSA) is 66.6 Å². The minimum Gasteiger partial charge on any atom is -0.396 e. The third-order valence-corrected chi connectivity index (χ3v) is 3.62. The average Bonchev–Trinajstić information content (AvgIpc) is 2.75. The van der Waals surface area contributed by atoms with E-state index in [2.05, 4.69) is 0 Å². The van der Waals surface area contributed by atoms with Gasteiger partial charge < -0.3 is 15.7 Å². The van der Waals surface area contributed by atoms with Gasteiger partial charge in [0.2, 0.25) is 5.91 Å². The van der Waals surface area contributed by atoms with Gasteiger partial charge in [0.15, 0.2) is 0 Å². The Hall–Kier alpha value is -0.870. The molecule has 90 valence electrons. The monoisotopic (exact) mass is 224 g/mol. The maximum absolute atomic E-state index is 12.1. The number of hydrogen-bond donors (Lipinski definition) is 2. The molecule has 3 N–H and O–H groups in total. The number of amides is 1. The van der Waals surface area contributed by atoms with Gasteiger partial charge in [-0.3, -0.25) is 4.79 Å². The molecular formula is C12H20N2O2. The fourth-order valence-electron chi connectivity index (χ4n) is 2.48. The number of hydrogen-bond acceptors (Lipinski definition) is 3. The van der Waals surface area contributed by atoms with Crippen molar-refractivity contribution in [3.8, 4) is 0 Å². The molecular weight excluding hydrogens is 204 g/mol. The van der Waals surface area contributed by atoms with Gasteiger partial charge in [-0.05, 0) is 25.2 Å². The van der Waals surface area contributed by atoms with Crippen LogP contribution in [0.1, 0.15) is 19.3 Å². The number of aliphatic hydroxyl groups is 1. The number of piperidine rings is 1. The Balaban J connectivity index is 1.85. The van der Waals surface area contributed by atoms with Crippen molar-refractivity contribution in [1.29, 1.82) is 0 Å². The summed E-state index contributed by atoms with van der Waals surface area (Å²) in [6.45, 7) is 1.81. The van der Waals surface area contributed by atoms with Crippen molar-refractivity contribution >= 4 is 5.91 Å². The van der Waals surface area contributed by atoms with Crippen molar-refractivity contribution in [2.45, 2.75) is 25.3 Å². The van der Waals surface area contributed by atoms with Gasteiger partial charge in [-0.25, -0.2) is 0 Å². The van der Waals surface area contributed by atoms with Crippen LogP contribution >= 0.6 is 0 Å². The first-order valence-corrected chi connectivity index (χ1v) is 6.04. The molecule has 0 bridgehead atoms. The number of nitrogens with zero attached hydrogens (tertiary/aromatic N) is 1. The van der Waals surface area contributed by atoms with Crippen molar-refractivity contribution in [2.75, 3.05) is 19.7 Å². The number of carbonyl (C=O) groups excluding carboxylic acids is 1. The predicted molar refractivity (Wildman–Crippen MR) is 61.6 cm³/mol. The lowest BCUT2D eigenvalue weighted by Crippen LogP contribution is -2.42. The van der Waals surface area contributed by atoms with Crippen LogP contribution in [0.3, 0.4) is 0 Å². The van der Waals surface area contributed by atoms with E-state index >= 15 is 0 Å². The zero-order valence-corrected chi connectivity index (χ0v) is 9.51. The number of nitrogens with two attached hydrogens (primary N) is 1. The number of aliphatic hydroxyl groups excluding tert-OH is 1. The Kier molecular flexibility index (Phi) is 3.61. The van der Waals surface area contributed by atoms with Crippen molar-refractivity contribution in [1.82, 2.24) is 4.90 Å². The lowest BCUT2D eigenvalue weighted by molar-refractivity contribution is -0.135. The molecule has 1 heterocycles. The molecule has 0 aromatic carbocycles. The molecule has 4 heteroatoms. The van der Waals surface area contributed by atoms with E-state index in [1.165, 1.54) is 0 Å². The molecule has 2 unspecified atom stereocenters. The van der Waals surface area contributed by atoms with Crippen molar-refractivity contribution in [3.63, 3.8) is 0 Å². The number of rotatable bonds is 2. The first-order chi connectivity index (χ1) is 7.70. The van der Waals surface area contributed by atoms with Crippen LogP contribution in [-0.4, -0.2) is 41.7 Å². The fraction of sp³-hybridized carbons (Fsp3) is 0.750. The maximum atomic E-state index is 12.1. The SMILES string of the molecule is NC1C=CC(C(=O)N2CCC(CO)CC2)C1. The summed E-state index contributed by atoms with van der Waals surface area (Å²) in [5.74, 6) is 0.576. The molecule has 2 atom stereocenters. The summed E-state index contributed by atoms with van der Waals surface area (Å²) in [4.78, 5) is 14.0. The van der Waals surface area contributed by atoms with E-state index in [0.717, 1.165) is 32.4 Å². The Morgan fingerprint density at radius 3 is 2.56 bits per heavy atom. The third kappa shape index (κ3) is 2.44. The standard InChI is InChI=1S/C12H20N2O2/c13-11-2-1-10(7-11)12(16)14-5-3-9(8-15)4-6-14/h1-2,9-11,15H,3-8,13H2. The molecule has 1 aliphatic heterocycles. The summed E-state index contributed by atoms with van der Waals surface area (Å²) in [5, 5.41) is 9.03. The molecule has 0 aromatic rings. The van der Waals surface area contributed by atoms with E-state index in [9.17, 15) is 4.79 Å². The van der Waals surface area contributed by atoms with Crippen LogP contribution in [0.5, 0.6) is 0 Å². The van der Waals surface area contributed by atoms with E-state index in [1.807, 2.05) is 17.1 Å². The molecule has 0 aromatic heterocycles. The van der Waals surface area contributed by atoms with Gasteiger partial charge in [-0.2, -0.15) is 0 Å². The minimum absolute atomic E-state index is 0.0133. The van der Waals surface area contributed by atoms with Gasteiger partial charge in [-0.1, -0.05) is 12.2 Å². The lowest BCUT2D eigenvalue weighted by Gasteiger charge is -2.32. The summed E-state index contributed by atoms with van der Waals surface area (Å²) in [6, 6.07) is 0.0453. The molecule has 0 saturated carbocycles. The lowest BCUT2D eigenvalue weighted by atomic mass is 9.96. The molecule has 0 spiro atoms. The second-order valence-corrected chi connectivity index (χ2v) is 4.84. The first-order valence-electron chi connectivity index (χ1n) is 6.04. The Labute approximate surface area is 96.1 Å². The second kappa shape index (κ2) is 4.97. The first kappa shape index (κ1) is 11.6. The average molecular weight is 224 g/mol. The summed E-state index contributed by atoms with van der Waals surface area (Å²) >= 11 is 0. The molecule has 1 aliphatic carbocycles. The van der Waals surface area contributed by atoms with Gasteiger partial charge in [0.25, 0.3) is 0 Å². The van der Waals surface area contributed by atoms with E-state index in [4.69, 9.17) is 10.8 Å². The zero-order chi connectivity index (χ0) is 11.5. The predicted octanol–water partition coefficient (Wildman–Crippen LogP) is 0.121. The molecule has 1 saturated heterocycles. The van der Waals surface area contributed by atoms with Gasteiger partial charge in [0.05, 0.1) is 5.92 Å². The smallest absolute Gasteiger partial charge is 0.229 e. The van der Waals surface area contributed by atoms with E-state index in [-0.39, 0.29) is 24.5 Å². The van der Waals surface area contributed by atoms with Crippen molar-refractivity contribution in [2.24, 2.45) is 17.6 Å². The molecule has 4 nitrogen and oxygen atoms in total. The van der Waals surface area contributed by atoms with E-state index < -0.39 is 0 Å². The summed E-state index contributed by atoms with van der Waals surface area (Å²) in [7, 11) is 0. The highest BCUT2D eigenvalue weighted by molar-refractivity contribution is 5.81. The van der Waals surface area contributed by atoms with Gasteiger partial charge >= 0.3 is 0 Å². The van der Waals surface area contributed by atoms with Crippen molar-refractivity contribution in [3.05, 3.63) is 12.2 Å². The van der Waals surface area contributed by atoms with E-state index in [1.54, 1.807) is 0 Å². The third-order valence-electron chi connectivity index (χ3n) is 3.62. The van der Waals surface area contributed by atoms with Crippen LogP contribution < -0.4 is 5.73 Å². The van der Waals surface area contributed by atoms with Crippen LogP contribution in [-0.2, 0) is 4.79 Å². The van der Waals surface area contributed by atoms with Crippen LogP contribution in [0.4, 0.5) is 0 Å². The molecule has 2 rings (SSSR count). The van der Waals surface area contributed by atoms with Crippen LogP contribution in [0.2, 0.25) is 0 Å². The highest BCUT2D eigenvalue weighted by Gasteiger charge is 2.29. The summed E-state index contributed by atoms with van der Waals surface area (Å²) in [5.41, 5.74) is 5.75. The second-order valence-electron chi connectivity index (χ2n) is 4.84. The van der Waals surface area contributed by atoms with Crippen LogP contribution in [0.15, 0.2) is 12.2 Å². The fourth-order valence-corrected chi connectivity index (χ4v) is 2.48. The van der Waals surface area contributed by atoms with Gasteiger partial charge in [0.1, 0.15) is 0 Å². The Morgan fingerprint density at radius 1 is 1.38 bits per heavy atom. The number of likely N-dealkylation sites (tertiary alicyclic amines) is 1. The zero-order valence-electron chi connectivity index (χ0n) is 9.51. The normalized spacial score (nSPS) is 31.0. The van der Waals surface area contributed by atoms with Gasteiger partial charge in [-0.15, -0.1) is 0 Å². The largest absolute Gasteiger partial charge is 0.396 e. The number of carbonyl (C=O) groups is 1. The molecule has 2 aliphatic rings. The maximum Gasteiger partial charge on any atom is 0.229 e. The van der Waals surface area contributed by atoms with Crippen LogP contribution in [0.25, 0.3) is 0 Å². The van der Waals surface area contributed by atoms with Crippen LogP contribution in [0, 0.1) is 11.8 Å². The summed E-state index contributed by atoms with van der Waals surface area (Å²) < 4.78 is 0. The summed E-state index contributed by atoms with van der Waals surface area (Å²) in [6.07, 6.45) is 6.45. The van der Waals surface area contributed by atoms with Crippen molar-refractivity contribution < 1.29 is 9.90 Å². The highest BCUT2D eigenvalue weighted by Crippen LogP contribution is 2.23. The quantitative estimate of drug-likeness (QED) is 0.655. The molecule has 1 fully saturated rings. The molecule has 16 heavy (non-hydrogen) atoms.